The number of benzene rings is 2. The number of terminal acetylenes is 1. The Morgan fingerprint density at radius 3 is 2.86 bits per heavy atom. The van der Waals surface area contributed by atoms with Crippen molar-refractivity contribution in [2.75, 3.05) is 6.61 Å². The zero-order valence-corrected chi connectivity index (χ0v) is 18.3. The van der Waals surface area contributed by atoms with Gasteiger partial charge in [-0.3, -0.25) is 4.79 Å². The molecule has 1 aromatic heterocycles. The minimum atomic E-state index is -0.372. The van der Waals surface area contributed by atoms with Gasteiger partial charge in [0.15, 0.2) is 4.80 Å². The number of carbonyl (C=O) groups is 1. The summed E-state index contributed by atoms with van der Waals surface area (Å²) in [5.74, 6) is 2.87. The number of rotatable bonds is 7. The van der Waals surface area contributed by atoms with Crippen molar-refractivity contribution in [2.24, 2.45) is 4.99 Å². The Labute approximate surface area is 183 Å². The zero-order valence-electron chi connectivity index (χ0n) is 16.0. The number of nitrogens with zero attached hydrogens (tertiary/aromatic N) is 2. The Morgan fingerprint density at radius 1 is 1.28 bits per heavy atom. The van der Waals surface area contributed by atoms with Crippen LogP contribution in [0.5, 0.6) is 5.75 Å². The van der Waals surface area contributed by atoms with Gasteiger partial charge in [-0.05, 0) is 36.8 Å². The fraction of sp³-hybridized carbons (Fsp3) is 0.273. The number of aromatic nitrogens is 1. The maximum Gasteiger partial charge on any atom is 0.279 e. The molecule has 0 aliphatic rings. The molecule has 0 bridgehead atoms. The summed E-state index contributed by atoms with van der Waals surface area (Å²) < 4.78 is 8.30. The van der Waals surface area contributed by atoms with Crippen molar-refractivity contribution in [1.82, 2.24) is 4.57 Å². The molecule has 3 aromatic rings. The third-order valence-corrected chi connectivity index (χ3v) is 5.77. The number of ether oxygens (including phenoxy) is 1. The van der Waals surface area contributed by atoms with Gasteiger partial charge in [-0.2, -0.15) is 4.99 Å². The lowest BCUT2D eigenvalue weighted by molar-refractivity contribution is 0.0997. The van der Waals surface area contributed by atoms with E-state index in [1.165, 1.54) is 11.3 Å². The van der Waals surface area contributed by atoms with E-state index < -0.39 is 0 Å². The standard InChI is InChI=1S/C22H20Cl2N2O2S/c1-3-5-6-11-28-17-9-7-8-15(12-17)21(27)25-22-26(10-4-2)20-18(24)13-16(23)14-19(20)29-22/h2,7-9,12-14H,3,5-6,10-11H2,1H3. The Bertz CT molecular complexity index is 1140. The number of unbranched alkanes of at least 4 members (excludes halogenated alkanes) is 2. The van der Waals surface area contributed by atoms with Crippen LogP contribution in [0.1, 0.15) is 36.5 Å². The summed E-state index contributed by atoms with van der Waals surface area (Å²) in [6.07, 6.45) is 8.73. The van der Waals surface area contributed by atoms with E-state index in [2.05, 4.69) is 17.8 Å². The molecule has 0 fully saturated rings. The normalized spacial score (nSPS) is 11.6. The Hall–Kier alpha value is -2.26. The second kappa shape index (κ2) is 9.98. The molecule has 0 unspecified atom stereocenters. The van der Waals surface area contributed by atoms with Crippen molar-refractivity contribution < 1.29 is 9.53 Å². The quantitative estimate of drug-likeness (QED) is 0.332. The second-order valence-corrected chi connectivity index (χ2v) is 8.26. The highest BCUT2D eigenvalue weighted by Crippen LogP contribution is 2.29. The third kappa shape index (κ3) is 5.22. The number of hydrogen-bond donors (Lipinski definition) is 0. The molecule has 0 saturated heterocycles. The molecule has 3 rings (SSSR count). The van der Waals surface area contributed by atoms with Gasteiger partial charge in [-0.1, -0.05) is 66.3 Å². The lowest BCUT2D eigenvalue weighted by Crippen LogP contribution is -2.16. The van der Waals surface area contributed by atoms with Gasteiger partial charge >= 0.3 is 0 Å². The maximum atomic E-state index is 12.8. The molecule has 29 heavy (non-hydrogen) atoms. The number of amides is 1. The van der Waals surface area contributed by atoms with E-state index in [0.29, 0.717) is 32.8 Å². The highest BCUT2D eigenvalue weighted by atomic mass is 35.5. The third-order valence-electron chi connectivity index (χ3n) is 4.24. The molecule has 1 amide bonds. The van der Waals surface area contributed by atoms with Crippen LogP contribution >= 0.6 is 34.5 Å². The maximum absolute atomic E-state index is 12.8. The van der Waals surface area contributed by atoms with Crippen molar-refractivity contribution >= 4 is 50.7 Å². The first-order valence-electron chi connectivity index (χ1n) is 9.27. The summed E-state index contributed by atoms with van der Waals surface area (Å²) in [4.78, 5) is 17.6. The van der Waals surface area contributed by atoms with Crippen LogP contribution < -0.4 is 9.54 Å². The van der Waals surface area contributed by atoms with E-state index in [0.717, 1.165) is 29.5 Å². The fourth-order valence-electron chi connectivity index (χ4n) is 2.86. The zero-order chi connectivity index (χ0) is 20.8. The summed E-state index contributed by atoms with van der Waals surface area (Å²) in [7, 11) is 0. The molecule has 0 N–H and O–H groups in total. The Morgan fingerprint density at radius 2 is 2.10 bits per heavy atom. The topological polar surface area (TPSA) is 43.6 Å². The number of halogens is 2. The van der Waals surface area contributed by atoms with Gasteiger partial charge < -0.3 is 9.30 Å². The van der Waals surface area contributed by atoms with E-state index in [9.17, 15) is 4.79 Å². The van der Waals surface area contributed by atoms with Gasteiger partial charge in [-0.15, -0.1) is 6.42 Å². The average Bonchev–Trinajstić information content (AvgIpc) is 3.03. The first kappa shape index (κ1) is 21.4. The molecule has 150 valence electrons. The van der Waals surface area contributed by atoms with Crippen LogP contribution in [0.2, 0.25) is 10.0 Å². The van der Waals surface area contributed by atoms with Gasteiger partial charge in [0.25, 0.3) is 5.91 Å². The van der Waals surface area contributed by atoms with Crippen LogP contribution in [0.15, 0.2) is 41.4 Å². The van der Waals surface area contributed by atoms with Crippen molar-refractivity contribution in [1.29, 1.82) is 0 Å². The molecule has 0 aliphatic carbocycles. The number of carbonyl (C=O) groups excluding carboxylic acids is 1. The molecule has 0 radical (unpaired) electrons. The SMILES string of the molecule is C#CCn1c(=NC(=O)c2cccc(OCCCCC)c2)sc2cc(Cl)cc(Cl)c21. The Balaban J connectivity index is 1.95. The highest BCUT2D eigenvalue weighted by molar-refractivity contribution is 7.16. The lowest BCUT2D eigenvalue weighted by atomic mass is 10.2. The van der Waals surface area contributed by atoms with E-state index in [1.807, 2.05) is 6.07 Å². The summed E-state index contributed by atoms with van der Waals surface area (Å²) in [5, 5.41) is 0.984. The molecule has 0 atom stereocenters. The van der Waals surface area contributed by atoms with Crippen LogP contribution in [0.25, 0.3) is 10.2 Å². The van der Waals surface area contributed by atoms with Crippen LogP contribution in [0, 0.1) is 12.3 Å². The smallest absolute Gasteiger partial charge is 0.279 e. The van der Waals surface area contributed by atoms with Crippen LogP contribution in [-0.2, 0) is 6.54 Å². The lowest BCUT2D eigenvalue weighted by Gasteiger charge is -2.06. The molecule has 1 heterocycles. The van der Waals surface area contributed by atoms with E-state index in [4.69, 9.17) is 34.4 Å². The van der Waals surface area contributed by atoms with Crippen molar-refractivity contribution in [3.05, 3.63) is 56.8 Å². The number of thiazole rings is 1. The Kier molecular flexibility index (Phi) is 7.38. The highest BCUT2D eigenvalue weighted by Gasteiger charge is 2.13. The van der Waals surface area contributed by atoms with E-state index in [1.54, 1.807) is 34.9 Å². The molecule has 2 aromatic carbocycles. The summed E-state index contributed by atoms with van der Waals surface area (Å²) in [6.45, 7) is 3.01. The second-order valence-electron chi connectivity index (χ2n) is 6.41. The molecule has 0 spiro atoms. The largest absolute Gasteiger partial charge is 0.494 e. The van der Waals surface area contributed by atoms with Gasteiger partial charge in [0.2, 0.25) is 0 Å². The monoisotopic (exact) mass is 446 g/mol. The van der Waals surface area contributed by atoms with E-state index in [-0.39, 0.29) is 12.5 Å². The minimum absolute atomic E-state index is 0.244. The molecule has 0 saturated carbocycles. The number of hydrogen-bond acceptors (Lipinski definition) is 3. The summed E-state index contributed by atoms with van der Waals surface area (Å²) in [5.41, 5.74) is 1.17. The first-order valence-corrected chi connectivity index (χ1v) is 10.8. The molecule has 7 heteroatoms. The van der Waals surface area contributed by atoms with Gasteiger partial charge in [0.1, 0.15) is 5.75 Å². The average molecular weight is 447 g/mol. The van der Waals surface area contributed by atoms with Gasteiger partial charge in [0, 0.05) is 10.6 Å². The van der Waals surface area contributed by atoms with Gasteiger partial charge in [-0.25, -0.2) is 0 Å². The summed E-state index contributed by atoms with van der Waals surface area (Å²) in [6, 6.07) is 10.5. The predicted molar refractivity (Wildman–Crippen MR) is 120 cm³/mol. The van der Waals surface area contributed by atoms with Crippen molar-refractivity contribution in [3.8, 4) is 18.1 Å². The first-order chi connectivity index (χ1) is 14.0. The fourth-order valence-corrected chi connectivity index (χ4v) is 4.67. The van der Waals surface area contributed by atoms with E-state index >= 15 is 0 Å². The van der Waals surface area contributed by atoms with Crippen LogP contribution in [0.3, 0.4) is 0 Å². The van der Waals surface area contributed by atoms with Crippen LogP contribution in [-0.4, -0.2) is 17.1 Å². The molecule has 0 aliphatic heterocycles. The predicted octanol–water partition coefficient (Wildman–Crippen LogP) is 5.95. The van der Waals surface area contributed by atoms with Gasteiger partial charge in [0.05, 0.1) is 28.4 Å². The van der Waals surface area contributed by atoms with Crippen molar-refractivity contribution in [2.45, 2.75) is 32.7 Å². The van der Waals surface area contributed by atoms with Crippen LogP contribution in [0.4, 0.5) is 0 Å². The summed E-state index contributed by atoms with van der Waals surface area (Å²) >= 11 is 13.8. The molecular weight excluding hydrogens is 427 g/mol. The minimum Gasteiger partial charge on any atom is -0.494 e. The molecular formula is C22H20Cl2N2O2S. The van der Waals surface area contributed by atoms with Crippen molar-refractivity contribution in [3.63, 3.8) is 0 Å². The molecule has 4 nitrogen and oxygen atoms in total. The number of fused-ring (bicyclic) bond motifs is 1.